The molecule has 12 nitrogen and oxygen atoms in total. The summed E-state index contributed by atoms with van der Waals surface area (Å²) in [7, 11) is 0. The lowest BCUT2D eigenvalue weighted by molar-refractivity contribution is -0.145. The number of carbonyl (C=O) groups is 1. The Morgan fingerprint density at radius 1 is 0.250 bits per heavy atom. The molecule has 0 unspecified atom stereocenters. The lowest BCUT2D eigenvalue weighted by Gasteiger charge is -2.09. The van der Waals surface area contributed by atoms with Gasteiger partial charge in [0.2, 0.25) is 0 Å². The van der Waals surface area contributed by atoms with Gasteiger partial charge < -0.3 is 52.1 Å². The number of rotatable bonds is 51. The predicted octanol–water partition coefficient (Wildman–Crippen LogP) is 8.54. The highest BCUT2D eigenvalue weighted by Gasteiger charge is 2.03. The zero-order valence-corrected chi connectivity index (χ0v) is 36.4. The van der Waals surface area contributed by atoms with Crippen molar-refractivity contribution in [1.82, 2.24) is 0 Å². The van der Waals surface area contributed by atoms with E-state index in [1.165, 1.54) is 103 Å². The fourth-order valence-corrected chi connectivity index (χ4v) is 5.64. The molecule has 12 heteroatoms. The summed E-state index contributed by atoms with van der Waals surface area (Å²) in [6.45, 7) is 15.5. The molecule has 0 aromatic heterocycles. The first-order valence-electron chi connectivity index (χ1n) is 22.7. The van der Waals surface area contributed by atoms with Crippen molar-refractivity contribution in [3.63, 3.8) is 0 Å². The Kier molecular flexibility index (Phi) is 51.2. The molecule has 0 radical (unpaired) electrons. The lowest BCUT2D eigenvalue weighted by Crippen LogP contribution is -2.15. The smallest absolute Gasteiger partial charge is 0.305 e. The van der Waals surface area contributed by atoms with E-state index in [0.717, 1.165) is 25.9 Å². The van der Waals surface area contributed by atoms with Crippen LogP contribution in [0.3, 0.4) is 0 Å². The summed E-state index contributed by atoms with van der Waals surface area (Å²) in [5.74, 6) is -0.129. The van der Waals surface area contributed by atoms with Crippen molar-refractivity contribution in [2.75, 3.05) is 139 Å². The van der Waals surface area contributed by atoms with E-state index >= 15 is 0 Å². The number of hydrogen-bond donors (Lipinski definition) is 0. The van der Waals surface area contributed by atoms with Crippen LogP contribution in [0.5, 0.6) is 0 Å². The summed E-state index contributed by atoms with van der Waals surface area (Å²) < 4.78 is 60.4. The molecular weight excluding hydrogens is 720 g/mol. The van der Waals surface area contributed by atoms with Gasteiger partial charge in [-0.05, 0) is 12.8 Å². The van der Waals surface area contributed by atoms with Gasteiger partial charge in [0.1, 0.15) is 6.61 Å². The van der Waals surface area contributed by atoms with E-state index in [-0.39, 0.29) is 5.97 Å². The highest BCUT2D eigenvalue weighted by molar-refractivity contribution is 5.69. The molecule has 0 saturated carbocycles. The van der Waals surface area contributed by atoms with E-state index < -0.39 is 0 Å². The zero-order chi connectivity index (χ0) is 40.3. The molecule has 56 heavy (non-hydrogen) atoms. The van der Waals surface area contributed by atoms with Gasteiger partial charge in [0.25, 0.3) is 0 Å². The first-order chi connectivity index (χ1) is 27.8. The average molecular weight is 809 g/mol. The van der Waals surface area contributed by atoms with E-state index in [0.29, 0.717) is 139 Å². The van der Waals surface area contributed by atoms with E-state index in [9.17, 15) is 4.79 Å². The minimum atomic E-state index is -0.129. The van der Waals surface area contributed by atoms with Crippen LogP contribution < -0.4 is 0 Å². The molecule has 0 N–H and O–H groups in total. The first kappa shape index (κ1) is 55.1. The van der Waals surface area contributed by atoms with Gasteiger partial charge in [-0.1, -0.05) is 123 Å². The molecule has 0 fully saturated rings. The normalized spacial score (nSPS) is 11.5. The fraction of sp³-hybridized carbons (Fsp3) is 0.977. The van der Waals surface area contributed by atoms with Crippen LogP contribution in [0.25, 0.3) is 0 Å². The van der Waals surface area contributed by atoms with Gasteiger partial charge in [-0.15, -0.1) is 0 Å². The van der Waals surface area contributed by atoms with Crippen LogP contribution in [0.1, 0.15) is 142 Å². The van der Waals surface area contributed by atoms with Gasteiger partial charge in [-0.25, -0.2) is 0 Å². The number of esters is 1. The predicted molar refractivity (Wildman–Crippen MR) is 223 cm³/mol. The van der Waals surface area contributed by atoms with Crippen molar-refractivity contribution in [2.24, 2.45) is 0 Å². The van der Waals surface area contributed by atoms with Gasteiger partial charge >= 0.3 is 5.97 Å². The Morgan fingerprint density at radius 2 is 0.464 bits per heavy atom. The molecule has 0 aromatic rings. The quantitative estimate of drug-likeness (QED) is 0.0433. The van der Waals surface area contributed by atoms with Gasteiger partial charge in [0, 0.05) is 13.0 Å². The molecule has 0 aliphatic heterocycles. The second kappa shape index (κ2) is 52.1. The van der Waals surface area contributed by atoms with E-state index in [1.807, 2.05) is 0 Å². The third kappa shape index (κ3) is 51.1. The monoisotopic (exact) mass is 809 g/mol. The molecular formula is C44H88O12. The highest BCUT2D eigenvalue weighted by Crippen LogP contribution is 2.13. The molecule has 336 valence electrons. The summed E-state index contributed by atoms with van der Waals surface area (Å²) in [6, 6.07) is 0. The van der Waals surface area contributed by atoms with Crippen LogP contribution in [-0.2, 0) is 56.9 Å². The topological polar surface area (TPSA) is 119 Å². The van der Waals surface area contributed by atoms with Crippen molar-refractivity contribution in [3.8, 4) is 0 Å². The summed E-state index contributed by atoms with van der Waals surface area (Å²) >= 11 is 0. The van der Waals surface area contributed by atoms with Crippen molar-refractivity contribution < 1.29 is 56.9 Å². The van der Waals surface area contributed by atoms with Gasteiger partial charge in [0.15, 0.2) is 0 Å². The minimum Gasteiger partial charge on any atom is -0.463 e. The SMILES string of the molecule is CCCCCCCCCCCCCCCC(=O)OCCOCCOCCOCCOCCOCCOCCOCCOCCOCCOCCCCCCCC. The van der Waals surface area contributed by atoms with Crippen LogP contribution in [0.2, 0.25) is 0 Å². The van der Waals surface area contributed by atoms with Gasteiger partial charge in [0.05, 0.1) is 126 Å². The average Bonchev–Trinajstić information content (AvgIpc) is 3.20. The number of carbonyl (C=O) groups excluding carboxylic acids is 1. The summed E-state index contributed by atoms with van der Waals surface area (Å²) in [5, 5.41) is 0. The Hall–Kier alpha value is -0.930. The first-order valence-corrected chi connectivity index (χ1v) is 22.7. The Bertz CT molecular complexity index is 718. The van der Waals surface area contributed by atoms with Crippen molar-refractivity contribution in [1.29, 1.82) is 0 Å². The largest absolute Gasteiger partial charge is 0.463 e. The number of ether oxygens (including phenoxy) is 11. The molecule has 0 heterocycles. The molecule has 0 bridgehead atoms. The molecule has 0 aliphatic carbocycles. The van der Waals surface area contributed by atoms with Crippen LogP contribution in [0, 0.1) is 0 Å². The standard InChI is InChI=1S/C44H88O12/c1-3-5-7-9-11-12-13-14-15-16-17-18-20-22-44(45)56-43-42-55-41-40-54-39-38-53-37-36-52-35-34-51-33-32-50-31-30-49-29-28-48-27-26-47-25-24-46-23-21-19-10-8-6-4-2/h3-43H2,1-2H3. The van der Waals surface area contributed by atoms with Gasteiger partial charge in [-0.3, -0.25) is 4.79 Å². The maximum atomic E-state index is 11.9. The van der Waals surface area contributed by atoms with E-state index in [4.69, 9.17) is 52.1 Å². The van der Waals surface area contributed by atoms with Crippen molar-refractivity contribution in [2.45, 2.75) is 142 Å². The minimum absolute atomic E-state index is 0.129. The molecule has 0 atom stereocenters. The molecule has 0 aliphatic rings. The number of unbranched alkanes of at least 4 members (excludes halogenated alkanes) is 17. The van der Waals surface area contributed by atoms with Crippen LogP contribution in [0.15, 0.2) is 0 Å². The molecule has 0 spiro atoms. The van der Waals surface area contributed by atoms with E-state index in [1.54, 1.807) is 0 Å². The fourth-order valence-electron chi connectivity index (χ4n) is 5.64. The number of hydrogen-bond acceptors (Lipinski definition) is 12. The summed E-state index contributed by atoms with van der Waals surface area (Å²) in [6.07, 6.45) is 25.0. The second-order valence-electron chi connectivity index (χ2n) is 14.1. The second-order valence-corrected chi connectivity index (χ2v) is 14.1. The Labute approximate surface area is 343 Å². The molecule has 0 rings (SSSR count). The van der Waals surface area contributed by atoms with Crippen molar-refractivity contribution >= 4 is 5.97 Å². The third-order valence-corrected chi connectivity index (χ3v) is 8.97. The molecule has 0 saturated heterocycles. The molecule has 0 amide bonds. The molecule has 0 aromatic carbocycles. The Balaban J connectivity index is 3.12. The lowest BCUT2D eigenvalue weighted by atomic mass is 10.0. The van der Waals surface area contributed by atoms with E-state index in [2.05, 4.69) is 13.8 Å². The third-order valence-electron chi connectivity index (χ3n) is 8.97. The summed E-state index contributed by atoms with van der Waals surface area (Å²) in [5.41, 5.74) is 0. The van der Waals surface area contributed by atoms with Gasteiger partial charge in [-0.2, -0.15) is 0 Å². The maximum Gasteiger partial charge on any atom is 0.305 e. The highest BCUT2D eigenvalue weighted by atomic mass is 16.6. The Morgan fingerprint density at radius 3 is 0.750 bits per heavy atom. The summed E-state index contributed by atoms with van der Waals surface area (Å²) in [4.78, 5) is 11.9. The zero-order valence-electron chi connectivity index (χ0n) is 36.4. The maximum absolute atomic E-state index is 11.9. The van der Waals surface area contributed by atoms with Crippen LogP contribution in [-0.4, -0.2) is 145 Å². The van der Waals surface area contributed by atoms with Crippen molar-refractivity contribution in [3.05, 3.63) is 0 Å². The van der Waals surface area contributed by atoms with Crippen LogP contribution in [0.4, 0.5) is 0 Å². The van der Waals surface area contributed by atoms with Crippen LogP contribution >= 0.6 is 0 Å².